The number of amidine groups is 1. The molecule has 0 atom stereocenters. The lowest BCUT2D eigenvalue weighted by molar-refractivity contribution is -0.137. The van der Waals surface area contributed by atoms with E-state index < -0.39 is 11.7 Å². The Morgan fingerprint density at radius 2 is 1.86 bits per heavy atom. The summed E-state index contributed by atoms with van der Waals surface area (Å²) in [6, 6.07) is 13.2. The number of aliphatic imine (C=N–C) groups is 1. The largest absolute Gasteiger partial charge is 0.417 e. The molecule has 37 heavy (non-hydrogen) atoms. The normalized spacial score (nSPS) is 12.3. The number of aromatic nitrogens is 2. The van der Waals surface area contributed by atoms with E-state index >= 15 is 0 Å². The third-order valence-electron chi connectivity index (χ3n) is 5.66. The number of ether oxygens (including phenoxy) is 2. The van der Waals surface area contributed by atoms with Crippen molar-refractivity contribution in [3.8, 4) is 5.69 Å². The first-order valence-electron chi connectivity index (χ1n) is 11.6. The Morgan fingerprint density at radius 1 is 1.08 bits per heavy atom. The third-order valence-corrected chi connectivity index (χ3v) is 5.99. The van der Waals surface area contributed by atoms with Gasteiger partial charge in [0.25, 0.3) is 0 Å². The van der Waals surface area contributed by atoms with Crippen molar-refractivity contribution in [3.63, 3.8) is 0 Å². The average Bonchev–Trinajstić information content (AvgIpc) is 3.23. The smallest absolute Gasteiger partial charge is 0.382 e. The maximum atomic E-state index is 13.1. The van der Waals surface area contributed by atoms with Crippen LogP contribution < -0.4 is 5.32 Å². The quantitative estimate of drug-likeness (QED) is 0.143. The maximum absolute atomic E-state index is 13.1. The van der Waals surface area contributed by atoms with Crippen LogP contribution in [0.4, 0.5) is 24.5 Å². The number of halogens is 4. The van der Waals surface area contributed by atoms with Gasteiger partial charge in [0.1, 0.15) is 5.84 Å². The number of nitrogens with zero attached hydrogens (tertiary/aromatic N) is 3. The molecule has 0 unspecified atom stereocenters. The van der Waals surface area contributed by atoms with Crippen molar-refractivity contribution in [1.29, 1.82) is 0 Å². The van der Waals surface area contributed by atoms with Crippen LogP contribution in [0.2, 0.25) is 5.02 Å². The predicted octanol–water partition coefficient (Wildman–Crippen LogP) is 7.07. The van der Waals surface area contributed by atoms with Gasteiger partial charge in [-0.1, -0.05) is 11.6 Å². The summed E-state index contributed by atoms with van der Waals surface area (Å²) in [5.41, 5.74) is 3.07. The second kappa shape index (κ2) is 11.8. The molecular weight excluding hydrogens is 505 g/mol. The number of pyridine rings is 1. The number of alkyl halides is 3. The molecule has 10 heteroatoms. The highest BCUT2D eigenvalue weighted by atomic mass is 35.5. The monoisotopic (exact) mass is 530 g/mol. The molecule has 0 aliphatic rings. The molecule has 0 aliphatic carbocycles. The molecule has 0 bridgehead atoms. The molecule has 1 N–H and O–H groups in total. The molecule has 6 nitrogen and oxygen atoms in total. The lowest BCUT2D eigenvalue weighted by atomic mass is 10.1. The molecule has 4 aromatic rings. The summed E-state index contributed by atoms with van der Waals surface area (Å²) < 4.78 is 52.1. The van der Waals surface area contributed by atoms with Gasteiger partial charge in [-0.2, -0.15) is 13.2 Å². The van der Waals surface area contributed by atoms with Gasteiger partial charge in [0.15, 0.2) is 0 Å². The van der Waals surface area contributed by atoms with Crippen molar-refractivity contribution in [3.05, 3.63) is 83.3 Å². The zero-order valence-electron chi connectivity index (χ0n) is 20.3. The van der Waals surface area contributed by atoms with E-state index in [-0.39, 0.29) is 10.7 Å². The first-order valence-corrected chi connectivity index (χ1v) is 11.9. The molecule has 2 aromatic carbocycles. The number of hydrogen-bond acceptors (Lipinski definition) is 4. The fourth-order valence-electron chi connectivity index (χ4n) is 3.92. The van der Waals surface area contributed by atoms with Gasteiger partial charge in [-0.05, 0) is 67.4 Å². The standard InChI is InChI=1S/C27H26ClF3N4O2/c1-18(34-21-5-8-25(28)24(15-21)27(29,30)31)33-20-3-6-22(7-4-20)35-17-19(10-12-37-14-13-36-2)23-9-11-32-16-26(23)35/h3-9,11,15-17H,10,12-14H2,1-2H3,(H,33,34). The Kier molecular flexibility index (Phi) is 8.48. The van der Waals surface area contributed by atoms with Gasteiger partial charge in [0, 0.05) is 36.3 Å². The maximum Gasteiger partial charge on any atom is 0.417 e. The first-order chi connectivity index (χ1) is 17.8. The van der Waals surface area contributed by atoms with Crippen molar-refractivity contribution in [2.45, 2.75) is 19.5 Å². The minimum Gasteiger partial charge on any atom is -0.382 e. The highest BCUT2D eigenvalue weighted by Gasteiger charge is 2.33. The molecule has 0 spiro atoms. The molecule has 2 heterocycles. The van der Waals surface area contributed by atoms with Gasteiger partial charge in [0.2, 0.25) is 0 Å². The van der Waals surface area contributed by atoms with Crippen LogP contribution in [0.25, 0.3) is 16.6 Å². The van der Waals surface area contributed by atoms with Crippen molar-refractivity contribution < 1.29 is 22.6 Å². The van der Waals surface area contributed by atoms with Crippen LogP contribution in [0.15, 0.2) is 72.1 Å². The van der Waals surface area contributed by atoms with Crippen LogP contribution in [-0.2, 0) is 22.1 Å². The second-order valence-corrected chi connectivity index (χ2v) is 8.71. The Labute approximate surface area is 217 Å². The van der Waals surface area contributed by atoms with Crippen LogP contribution in [0.1, 0.15) is 18.1 Å². The molecule has 0 saturated carbocycles. The highest BCUT2D eigenvalue weighted by molar-refractivity contribution is 6.31. The molecule has 0 fully saturated rings. The average molecular weight is 531 g/mol. The molecule has 4 rings (SSSR count). The SMILES string of the molecule is COCCOCCc1cn(-c2ccc(N=C(C)Nc3ccc(Cl)c(C(F)(F)F)c3)cc2)c2cnccc12. The zero-order chi connectivity index (χ0) is 26.4. The van der Waals surface area contributed by atoms with Gasteiger partial charge >= 0.3 is 6.18 Å². The van der Waals surface area contributed by atoms with E-state index in [1.54, 1.807) is 20.2 Å². The summed E-state index contributed by atoms with van der Waals surface area (Å²) in [4.78, 5) is 8.76. The molecule has 0 aliphatic heterocycles. The Balaban J connectivity index is 1.50. The van der Waals surface area contributed by atoms with Crippen LogP contribution in [0.5, 0.6) is 0 Å². The number of rotatable bonds is 9. The van der Waals surface area contributed by atoms with Gasteiger partial charge in [0.05, 0.1) is 47.8 Å². The van der Waals surface area contributed by atoms with Crippen LogP contribution in [0.3, 0.4) is 0 Å². The molecule has 2 aromatic heterocycles. The minimum absolute atomic E-state index is 0.250. The second-order valence-electron chi connectivity index (χ2n) is 8.30. The van der Waals surface area contributed by atoms with Crippen LogP contribution >= 0.6 is 11.6 Å². The van der Waals surface area contributed by atoms with E-state index in [4.69, 9.17) is 21.1 Å². The summed E-state index contributed by atoms with van der Waals surface area (Å²) in [6.07, 6.45) is 1.89. The number of fused-ring (bicyclic) bond motifs is 1. The van der Waals surface area contributed by atoms with Gasteiger partial charge in [-0.3, -0.25) is 4.98 Å². The molecule has 0 radical (unpaired) electrons. The van der Waals surface area contributed by atoms with Crippen LogP contribution in [-0.4, -0.2) is 42.3 Å². The molecule has 0 amide bonds. The van der Waals surface area contributed by atoms with E-state index in [0.29, 0.717) is 31.3 Å². The number of methoxy groups -OCH3 is 1. The number of anilines is 1. The van der Waals surface area contributed by atoms with E-state index in [2.05, 4.69) is 26.1 Å². The first kappa shape index (κ1) is 26.7. The third kappa shape index (κ3) is 6.68. The summed E-state index contributed by atoms with van der Waals surface area (Å²) in [5.74, 6) is 0.439. The summed E-state index contributed by atoms with van der Waals surface area (Å²) >= 11 is 5.70. The molecule has 194 valence electrons. The van der Waals surface area contributed by atoms with E-state index in [0.717, 1.165) is 34.6 Å². The van der Waals surface area contributed by atoms with E-state index in [1.807, 2.05) is 36.5 Å². The van der Waals surface area contributed by atoms with Gasteiger partial charge in [-0.25, -0.2) is 4.99 Å². The van der Waals surface area contributed by atoms with Crippen molar-refractivity contribution in [2.75, 3.05) is 32.2 Å². The topological polar surface area (TPSA) is 60.7 Å². The summed E-state index contributed by atoms with van der Waals surface area (Å²) in [6.45, 7) is 3.38. The summed E-state index contributed by atoms with van der Waals surface area (Å²) in [7, 11) is 1.64. The lowest BCUT2D eigenvalue weighted by Crippen LogP contribution is -2.10. The van der Waals surface area contributed by atoms with Crippen LogP contribution in [0, 0.1) is 0 Å². The predicted molar refractivity (Wildman–Crippen MR) is 140 cm³/mol. The van der Waals surface area contributed by atoms with Crippen molar-refractivity contribution in [2.24, 2.45) is 4.99 Å². The summed E-state index contributed by atoms with van der Waals surface area (Å²) in [5, 5.41) is 3.65. The highest BCUT2D eigenvalue weighted by Crippen LogP contribution is 2.36. The Morgan fingerprint density at radius 3 is 2.59 bits per heavy atom. The van der Waals surface area contributed by atoms with Crippen molar-refractivity contribution in [1.82, 2.24) is 9.55 Å². The zero-order valence-corrected chi connectivity index (χ0v) is 21.1. The molecular formula is C27H26ClF3N4O2. The number of benzene rings is 2. The van der Waals surface area contributed by atoms with Gasteiger partial charge < -0.3 is 19.4 Å². The van der Waals surface area contributed by atoms with E-state index in [9.17, 15) is 13.2 Å². The Hall–Kier alpha value is -3.40. The fraction of sp³-hybridized carbons (Fsp3) is 0.259. The molecule has 0 saturated heterocycles. The number of hydrogen-bond donors (Lipinski definition) is 1. The number of nitrogens with one attached hydrogen (secondary N) is 1. The fourth-order valence-corrected chi connectivity index (χ4v) is 4.15. The lowest BCUT2D eigenvalue weighted by Gasteiger charge is -2.12. The Bertz CT molecular complexity index is 1380. The van der Waals surface area contributed by atoms with E-state index in [1.165, 1.54) is 12.1 Å². The minimum atomic E-state index is -4.54. The van der Waals surface area contributed by atoms with Gasteiger partial charge in [-0.15, -0.1) is 0 Å². The van der Waals surface area contributed by atoms with Crippen molar-refractivity contribution >= 4 is 39.7 Å².